The molecule has 2 aliphatic carbocycles. The van der Waals surface area contributed by atoms with Gasteiger partial charge in [-0.15, -0.1) is 0 Å². The zero-order valence-corrected chi connectivity index (χ0v) is 32.2. The van der Waals surface area contributed by atoms with Crippen LogP contribution in [0.1, 0.15) is 47.2 Å². The number of benzene rings is 9. The summed E-state index contributed by atoms with van der Waals surface area (Å²) >= 11 is 0. The highest BCUT2D eigenvalue weighted by Gasteiger charge is 2.53. The number of hydrogen-bond donors (Lipinski definition) is 0. The molecule has 0 aliphatic heterocycles. The minimum Gasteiger partial charge on any atom is -0.310 e. The monoisotopic (exact) mass is 727 g/mol. The highest BCUT2D eigenvalue weighted by atomic mass is 15.1. The Morgan fingerprint density at radius 2 is 0.789 bits per heavy atom. The van der Waals surface area contributed by atoms with Crippen LogP contribution in [-0.2, 0) is 10.8 Å². The molecule has 0 heterocycles. The molecular formula is C56H41N. The molecule has 270 valence electrons. The predicted molar refractivity (Wildman–Crippen MR) is 239 cm³/mol. The summed E-state index contributed by atoms with van der Waals surface area (Å²) in [6.07, 6.45) is 0. The maximum Gasteiger partial charge on any atom is 0.0719 e. The van der Waals surface area contributed by atoms with E-state index in [4.69, 9.17) is 0 Å². The van der Waals surface area contributed by atoms with Gasteiger partial charge in [-0.2, -0.15) is 0 Å². The zero-order valence-electron chi connectivity index (χ0n) is 32.2. The number of hydrogen-bond acceptors (Lipinski definition) is 1. The fourth-order valence-corrected chi connectivity index (χ4v) is 10.1. The summed E-state index contributed by atoms with van der Waals surface area (Å²) in [6.45, 7) is 4.77. The third kappa shape index (κ3) is 4.95. The second kappa shape index (κ2) is 12.8. The first-order valence-electron chi connectivity index (χ1n) is 20.0. The Morgan fingerprint density at radius 1 is 0.316 bits per heavy atom. The molecule has 1 nitrogen and oxygen atoms in total. The Labute approximate surface area is 335 Å². The van der Waals surface area contributed by atoms with Crippen LogP contribution in [0.5, 0.6) is 0 Å². The van der Waals surface area contributed by atoms with E-state index in [0.717, 1.165) is 17.1 Å². The van der Waals surface area contributed by atoms with Crippen molar-refractivity contribution in [1.82, 2.24) is 0 Å². The second-order valence-corrected chi connectivity index (χ2v) is 16.1. The van der Waals surface area contributed by atoms with Gasteiger partial charge in [0.15, 0.2) is 0 Å². The maximum absolute atomic E-state index is 2.44. The van der Waals surface area contributed by atoms with Gasteiger partial charge in [0.05, 0.1) is 5.41 Å². The SMILES string of the molecule is CC1(C)c2ccccc2C2(c3ccccc3-c3cc(N(c4ccc(-c5ccccc5)cc4)c4ccc(-c5cccc6ccccc56)cc4)ccc32)c2ccccc21. The first kappa shape index (κ1) is 33.4. The molecule has 0 unspecified atom stereocenters. The van der Waals surface area contributed by atoms with Gasteiger partial charge < -0.3 is 4.90 Å². The van der Waals surface area contributed by atoms with E-state index in [2.05, 4.69) is 231 Å². The summed E-state index contributed by atoms with van der Waals surface area (Å²) in [5.74, 6) is 0. The van der Waals surface area contributed by atoms with E-state index >= 15 is 0 Å². The first-order chi connectivity index (χ1) is 28.0. The summed E-state index contributed by atoms with van der Waals surface area (Å²) in [5.41, 5.74) is 18.5. The first-order valence-corrected chi connectivity index (χ1v) is 20.0. The van der Waals surface area contributed by atoms with Gasteiger partial charge >= 0.3 is 0 Å². The topological polar surface area (TPSA) is 3.24 Å². The highest BCUT2D eigenvalue weighted by Crippen LogP contribution is 2.62. The summed E-state index contributed by atoms with van der Waals surface area (Å²) in [5, 5.41) is 2.52. The lowest BCUT2D eigenvalue weighted by molar-refractivity contribution is 0.563. The van der Waals surface area contributed by atoms with Crippen molar-refractivity contribution < 1.29 is 0 Å². The number of fused-ring (bicyclic) bond motifs is 10. The van der Waals surface area contributed by atoms with Gasteiger partial charge in [-0.1, -0.05) is 190 Å². The lowest BCUT2D eigenvalue weighted by Gasteiger charge is -2.46. The van der Waals surface area contributed by atoms with Crippen molar-refractivity contribution in [2.24, 2.45) is 0 Å². The summed E-state index contributed by atoms with van der Waals surface area (Å²) in [6, 6.07) is 78.6. The molecule has 57 heavy (non-hydrogen) atoms. The van der Waals surface area contributed by atoms with E-state index in [1.165, 1.54) is 77.5 Å². The normalized spacial score (nSPS) is 14.1. The molecule has 9 aromatic carbocycles. The molecule has 0 amide bonds. The van der Waals surface area contributed by atoms with Crippen molar-refractivity contribution in [2.75, 3.05) is 4.90 Å². The summed E-state index contributed by atoms with van der Waals surface area (Å²) in [7, 11) is 0. The van der Waals surface area contributed by atoms with Crippen molar-refractivity contribution >= 4 is 27.8 Å². The minimum atomic E-state index is -0.421. The van der Waals surface area contributed by atoms with E-state index in [1.54, 1.807) is 0 Å². The van der Waals surface area contributed by atoms with E-state index < -0.39 is 5.41 Å². The van der Waals surface area contributed by atoms with Gasteiger partial charge in [0.25, 0.3) is 0 Å². The molecule has 0 N–H and O–H groups in total. The molecule has 11 rings (SSSR count). The molecule has 0 saturated heterocycles. The van der Waals surface area contributed by atoms with E-state index in [0.29, 0.717) is 0 Å². The molecule has 0 saturated carbocycles. The Kier molecular flexibility index (Phi) is 7.50. The fourth-order valence-electron chi connectivity index (χ4n) is 10.1. The average Bonchev–Trinajstić information content (AvgIpc) is 3.57. The third-order valence-electron chi connectivity index (χ3n) is 12.8. The Hall–Kier alpha value is -6.96. The average molecular weight is 728 g/mol. The van der Waals surface area contributed by atoms with Crippen LogP contribution in [0.3, 0.4) is 0 Å². The molecule has 0 fully saturated rings. The molecule has 0 aromatic heterocycles. The van der Waals surface area contributed by atoms with Gasteiger partial charge in [0.2, 0.25) is 0 Å². The number of rotatable bonds is 5. The molecule has 9 aromatic rings. The van der Waals surface area contributed by atoms with E-state index in [9.17, 15) is 0 Å². The number of anilines is 3. The van der Waals surface area contributed by atoms with E-state index in [1.807, 2.05) is 0 Å². The van der Waals surface area contributed by atoms with Crippen LogP contribution in [0.4, 0.5) is 17.1 Å². The molecule has 1 heteroatoms. The van der Waals surface area contributed by atoms with Crippen LogP contribution in [0.25, 0.3) is 44.2 Å². The maximum atomic E-state index is 2.44. The van der Waals surface area contributed by atoms with Gasteiger partial charge in [0.1, 0.15) is 0 Å². The fraction of sp³-hybridized carbons (Fsp3) is 0.0714. The predicted octanol–water partition coefficient (Wildman–Crippen LogP) is 14.6. The van der Waals surface area contributed by atoms with Crippen molar-refractivity contribution in [2.45, 2.75) is 24.7 Å². The van der Waals surface area contributed by atoms with Crippen LogP contribution in [0.15, 0.2) is 212 Å². The largest absolute Gasteiger partial charge is 0.310 e. The highest BCUT2D eigenvalue weighted by molar-refractivity contribution is 5.97. The Morgan fingerprint density at radius 3 is 1.47 bits per heavy atom. The second-order valence-electron chi connectivity index (χ2n) is 16.1. The Balaban J connectivity index is 1.11. The third-order valence-corrected chi connectivity index (χ3v) is 12.8. The zero-order chi connectivity index (χ0) is 38.1. The standard InChI is InChI=1S/C56H41N/c1-55(2)51-23-10-12-25-53(51)56(54-26-13-11-24-52(54)55)49-22-9-8-20-47(49)48-37-44(35-36-50(48)56)57(42-31-27-39(28-32-42)38-15-4-3-5-16-38)43-33-29-41(30-34-43)46-21-14-18-40-17-6-7-19-45(40)46/h3-37H,1-2H3. The lowest BCUT2D eigenvalue weighted by Crippen LogP contribution is -2.40. The Bertz CT molecular complexity index is 2920. The number of nitrogens with zero attached hydrogens (tertiary/aromatic N) is 1. The molecule has 0 atom stereocenters. The van der Waals surface area contributed by atoms with Crippen LogP contribution in [0.2, 0.25) is 0 Å². The minimum absolute atomic E-state index is 0.128. The van der Waals surface area contributed by atoms with Crippen LogP contribution in [-0.4, -0.2) is 0 Å². The molecule has 2 aliphatic rings. The molecule has 0 bridgehead atoms. The summed E-state index contributed by atoms with van der Waals surface area (Å²) < 4.78 is 0. The van der Waals surface area contributed by atoms with Gasteiger partial charge in [-0.3, -0.25) is 0 Å². The molecule has 1 spiro atoms. The van der Waals surface area contributed by atoms with Gasteiger partial charge in [-0.05, 0) is 114 Å². The molecular weight excluding hydrogens is 687 g/mol. The molecule has 0 radical (unpaired) electrons. The van der Waals surface area contributed by atoms with Crippen molar-refractivity contribution in [3.8, 4) is 33.4 Å². The van der Waals surface area contributed by atoms with Crippen molar-refractivity contribution in [1.29, 1.82) is 0 Å². The quantitative estimate of drug-likeness (QED) is 0.171. The van der Waals surface area contributed by atoms with Gasteiger partial charge in [0, 0.05) is 22.5 Å². The smallest absolute Gasteiger partial charge is 0.0719 e. The lowest BCUT2D eigenvalue weighted by atomic mass is 9.55. The van der Waals surface area contributed by atoms with Crippen molar-refractivity contribution in [3.05, 3.63) is 246 Å². The van der Waals surface area contributed by atoms with Gasteiger partial charge in [-0.25, -0.2) is 0 Å². The van der Waals surface area contributed by atoms with Crippen molar-refractivity contribution in [3.63, 3.8) is 0 Å². The van der Waals surface area contributed by atoms with Crippen LogP contribution in [0, 0.1) is 0 Å². The van der Waals surface area contributed by atoms with Crippen LogP contribution < -0.4 is 4.90 Å². The van der Waals surface area contributed by atoms with E-state index in [-0.39, 0.29) is 5.41 Å². The summed E-state index contributed by atoms with van der Waals surface area (Å²) in [4.78, 5) is 2.42. The van der Waals surface area contributed by atoms with Crippen LogP contribution >= 0.6 is 0 Å².